The van der Waals surface area contributed by atoms with Crippen molar-refractivity contribution in [1.29, 1.82) is 5.26 Å². The highest BCUT2D eigenvalue weighted by atomic mass is 32.2. The number of carbonyl (C=O) groups is 1. The minimum Gasteiger partial charge on any atom is -0.482 e. The Hall–Kier alpha value is -2.90. The largest absolute Gasteiger partial charge is 0.482 e. The Bertz CT molecular complexity index is 943. The molecule has 1 aromatic heterocycles. The number of hydrazine groups is 1. The zero-order valence-electron chi connectivity index (χ0n) is 13.9. The first-order valence-corrected chi connectivity index (χ1v) is 8.67. The van der Waals surface area contributed by atoms with Crippen LogP contribution in [-0.2, 0) is 21.9 Å². The van der Waals surface area contributed by atoms with Crippen LogP contribution in [0.4, 0.5) is 0 Å². The van der Waals surface area contributed by atoms with Gasteiger partial charge in [-0.3, -0.25) is 14.9 Å². The average molecular weight is 363 g/mol. The Morgan fingerprint density at radius 3 is 2.64 bits per heavy atom. The number of rotatable bonds is 6. The number of aromatic nitrogens is 2. The quantitative estimate of drug-likeness (QED) is 0.711. The van der Waals surface area contributed by atoms with Crippen LogP contribution in [0.5, 0.6) is 5.75 Å². The van der Waals surface area contributed by atoms with E-state index in [-0.39, 0.29) is 16.2 Å². The maximum Gasteiger partial charge on any atom is 0.272 e. The van der Waals surface area contributed by atoms with E-state index in [4.69, 9.17) is 10.00 Å². The lowest BCUT2D eigenvalue weighted by atomic mass is 10.2. The molecule has 2 N–H and O–H groups in total. The lowest BCUT2D eigenvalue weighted by Gasteiger charge is -2.10. The number of para-hydroxylation sites is 1. The van der Waals surface area contributed by atoms with Crippen molar-refractivity contribution in [3.63, 3.8) is 0 Å². The van der Waals surface area contributed by atoms with E-state index in [2.05, 4.69) is 10.5 Å². The van der Waals surface area contributed by atoms with Gasteiger partial charge >= 0.3 is 0 Å². The summed E-state index contributed by atoms with van der Waals surface area (Å²) in [6, 6.07) is 8.34. The van der Waals surface area contributed by atoms with Crippen molar-refractivity contribution < 1.29 is 17.9 Å². The summed E-state index contributed by atoms with van der Waals surface area (Å²) >= 11 is 0. The summed E-state index contributed by atoms with van der Waals surface area (Å²) in [5, 5.41) is 13.0. The molecular formula is C15H17N5O4S. The fourth-order valence-electron chi connectivity index (χ4n) is 2.18. The monoisotopic (exact) mass is 363 g/mol. The molecule has 0 aliphatic rings. The van der Waals surface area contributed by atoms with E-state index < -0.39 is 22.5 Å². The summed E-state index contributed by atoms with van der Waals surface area (Å²) in [6.07, 6.45) is 0. The van der Waals surface area contributed by atoms with E-state index in [9.17, 15) is 13.2 Å². The number of ether oxygens (including phenoxy) is 1. The molecule has 10 heteroatoms. The number of hydrogen-bond donors (Lipinski definition) is 2. The number of nitriles is 1. The number of aryl methyl sites for hydroxylation is 2. The smallest absolute Gasteiger partial charge is 0.272 e. The highest BCUT2D eigenvalue weighted by molar-refractivity contribution is 7.89. The van der Waals surface area contributed by atoms with Gasteiger partial charge in [-0.25, -0.2) is 8.42 Å². The molecule has 0 spiro atoms. The Kier molecular flexibility index (Phi) is 5.41. The van der Waals surface area contributed by atoms with E-state index in [1.807, 2.05) is 10.9 Å². The van der Waals surface area contributed by atoms with Gasteiger partial charge in [0.1, 0.15) is 16.7 Å². The number of hydrogen-bond acceptors (Lipinski definition) is 6. The van der Waals surface area contributed by atoms with E-state index in [0.29, 0.717) is 11.4 Å². The summed E-state index contributed by atoms with van der Waals surface area (Å²) in [5.74, 6) is -0.475. The van der Waals surface area contributed by atoms with Crippen molar-refractivity contribution >= 4 is 15.9 Å². The Morgan fingerprint density at radius 1 is 1.36 bits per heavy atom. The van der Waals surface area contributed by atoms with Crippen LogP contribution in [0.25, 0.3) is 0 Å². The van der Waals surface area contributed by atoms with E-state index in [0.717, 1.165) is 0 Å². The highest BCUT2D eigenvalue weighted by Gasteiger charge is 2.24. The van der Waals surface area contributed by atoms with Crippen LogP contribution in [0, 0.1) is 25.2 Å². The molecule has 2 rings (SSSR count). The topological polar surface area (TPSA) is 126 Å². The predicted octanol–water partition coefficient (Wildman–Crippen LogP) is 0.297. The Labute approximate surface area is 145 Å². The third kappa shape index (κ3) is 4.14. The minimum atomic E-state index is -3.96. The van der Waals surface area contributed by atoms with Crippen molar-refractivity contribution in [2.75, 3.05) is 6.61 Å². The predicted molar refractivity (Wildman–Crippen MR) is 87.8 cm³/mol. The van der Waals surface area contributed by atoms with Crippen molar-refractivity contribution in [2.24, 2.45) is 7.05 Å². The Balaban J connectivity index is 1.99. The molecule has 0 atom stereocenters. The molecule has 0 unspecified atom stereocenters. The van der Waals surface area contributed by atoms with E-state index in [1.54, 1.807) is 45.2 Å². The molecule has 0 aliphatic heterocycles. The van der Waals surface area contributed by atoms with Crippen LogP contribution in [-0.4, -0.2) is 30.7 Å². The maximum absolute atomic E-state index is 12.3. The zero-order chi connectivity index (χ0) is 18.6. The van der Waals surface area contributed by atoms with Gasteiger partial charge in [-0.2, -0.15) is 10.4 Å². The fourth-order valence-corrected chi connectivity index (χ4v) is 3.48. The molecule has 132 valence electrons. The van der Waals surface area contributed by atoms with Crippen molar-refractivity contribution in [3.05, 3.63) is 41.2 Å². The lowest BCUT2D eigenvalue weighted by molar-refractivity contribution is -0.123. The van der Waals surface area contributed by atoms with Gasteiger partial charge in [-0.1, -0.05) is 12.1 Å². The van der Waals surface area contributed by atoms with Gasteiger partial charge in [0, 0.05) is 7.05 Å². The standard InChI is InChI=1S/C15H17N5O4S/c1-10-15(11(2)20(3)18-10)25(22,23)19-17-14(21)9-24-13-7-5-4-6-12(13)8-16/h4-7,19H,9H2,1-3H3,(H,17,21). The molecule has 1 amide bonds. The number of benzene rings is 1. The first kappa shape index (κ1) is 18.4. The molecule has 0 saturated heterocycles. The summed E-state index contributed by atoms with van der Waals surface area (Å²) in [4.78, 5) is 13.8. The van der Waals surface area contributed by atoms with Crippen LogP contribution in [0.1, 0.15) is 17.0 Å². The molecule has 9 nitrogen and oxygen atoms in total. The molecule has 0 fully saturated rings. The summed E-state index contributed by atoms with van der Waals surface area (Å²) < 4.78 is 31.3. The van der Waals surface area contributed by atoms with Gasteiger partial charge in [-0.05, 0) is 26.0 Å². The molecule has 0 bridgehead atoms. The number of nitrogens with zero attached hydrogens (tertiary/aromatic N) is 3. The average Bonchev–Trinajstić information content (AvgIpc) is 2.84. The third-order valence-electron chi connectivity index (χ3n) is 3.40. The summed E-state index contributed by atoms with van der Waals surface area (Å²) in [5.41, 5.74) is 3.11. The normalized spacial score (nSPS) is 11.0. The second-order valence-corrected chi connectivity index (χ2v) is 6.79. The van der Waals surface area contributed by atoms with Gasteiger partial charge in [0.05, 0.1) is 17.0 Å². The fraction of sp³-hybridized carbons (Fsp3) is 0.267. The van der Waals surface area contributed by atoms with Crippen LogP contribution in [0.2, 0.25) is 0 Å². The van der Waals surface area contributed by atoms with Crippen molar-refractivity contribution in [3.8, 4) is 11.8 Å². The number of carbonyl (C=O) groups excluding carboxylic acids is 1. The van der Waals surface area contributed by atoms with Gasteiger partial charge in [0.15, 0.2) is 6.61 Å². The van der Waals surface area contributed by atoms with Crippen LogP contribution in [0.15, 0.2) is 29.2 Å². The first-order valence-electron chi connectivity index (χ1n) is 7.19. The lowest BCUT2D eigenvalue weighted by Crippen LogP contribution is -2.44. The third-order valence-corrected chi connectivity index (χ3v) is 4.90. The van der Waals surface area contributed by atoms with Crippen LogP contribution >= 0.6 is 0 Å². The van der Waals surface area contributed by atoms with Crippen molar-refractivity contribution in [2.45, 2.75) is 18.7 Å². The van der Waals surface area contributed by atoms with Crippen molar-refractivity contribution in [1.82, 2.24) is 20.0 Å². The van der Waals surface area contributed by atoms with E-state index in [1.165, 1.54) is 4.68 Å². The second-order valence-electron chi connectivity index (χ2n) is 5.17. The molecule has 1 heterocycles. The van der Waals surface area contributed by atoms with Gasteiger partial charge in [-0.15, -0.1) is 4.83 Å². The molecule has 0 saturated carbocycles. The Morgan fingerprint density at radius 2 is 2.04 bits per heavy atom. The molecule has 0 radical (unpaired) electrons. The minimum absolute atomic E-state index is 0.00560. The molecule has 1 aromatic carbocycles. The zero-order valence-corrected chi connectivity index (χ0v) is 14.7. The molecule has 2 aromatic rings. The van der Waals surface area contributed by atoms with Gasteiger partial charge in [0.25, 0.3) is 15.9 Å². The first-order chi connectivity index (χ1) is 11.8. The molecule has 25 heavy (non-hydrogen) atoms. The van der Waals surface area contributed by atoms with Crippen LogP contribution < -0.4 is 15.0 Å². The number of sulfonamides is 1. The SMILES string of the molecule is Cc1nn(C)c(C)c1S(=O)(=O)NNC(=O)COc1ccccc1C#N. The van der Waals surface area contributed by atoms with Gasteiger partial charge < -0.3 is 4.74 Å². The number of amides is 1. The molecular weight excluding hydrogens is 346 g/mol. The summed E-state index contributed by atoms with van der Waals surface area (Å²) in [6.45, 7) is 2.72. The second kappa shape index (κ2) is 7.33. The van der Waals surface area contributed by atoms with Gasteiger partial charge in [0.2, 0.25) is 0 Å². The van der Waals surface area contributed by atoms with Crippen LogP contribution in [0.3, 0.4) is 0 Å². The van der Waals surface area contributed by atoms with E-state index >= 15 is 0 Å². The number of nitrogens with one attached hydrogen (secondary N) is 2. The summed E-state index contributed by atoms with van der Waals surface area (Å²) in [7, 11) is -2.34. The maximum atomic E-state index is 12.3. The highest BCUT2D eigenvalue weighted by Crippen LogP contribution is 2.18. The molecule has 0 aliphatic carbocycles.